The van der Waals surface area contributed by atoms with Crippen molar-refractivity contribution >= 4 is 5.76 Å². The Hall–Kier alpha value is -2.80. The molecule has 128 valence electrons. The zero-order valence-corrected chi connectivity index (χ0v) is 14.7. The van der Waals surface area contributed by atoms with Crippen LogP contribution < -0.4 is 0 Å². The molecule has 5 rings (SSSR count). The lowest BCUT2D eigenvalue weighted by molar-refractivity contribution is 0.0676. The monoisotopic (exact) mass is 338 g/mol. The fraction of sp³-hybridized carbons (Fsp3) is 0.200. The summed E-state index contributed by atoms with van der Waals surface area (Å²) in [6.45, 7) is 0. The van der Waals surface area contributed by atoms with Crippen molar-refractivity contribution in [3.8, 4) is 0 Å². The Morgan fingerprint density at radius 1 is 0.731 bits per heavy atom. The molecule has 0 radical (unpaired) electrons. The largest absolute Gasteiger partial charge is 0.485 e. The zero-order chi connectivity index (χ0) is 17.3. The molecule has 1 nitrogen and oxygen atoms in total. The van der Waals surface area contributed by atoms with Gasteiger partial charge < -0.3 is 4.74 Å². The van der Waals surface area contributed by atoms with Crippen LogP contribution in [0.3, 0.4) is 0 Å². The first-order chi connectivity index (χ1) is 12.9. The van der Waals surface area contributed by atoms with Crippen LogP contribution in [0.15, 0.2) is 91.0 Å². The van der Waals surface area contributed by atoms with E-state index >= 15 is 0 Å². The Morgan fingerprint density at radius 3 is 2.23 bits per heavy atom. The maximum absolute atomic E-state index is 6.62. The molecule has 3 aromatic rings. The lowest BCUT2D eigenvalue weighted by Gasteiger charge is -2.41. The average molecular weight is 338 g/mol. The van der Waals surface area contributed by atoms with Crippen molar-refractivity contribution in [2.45, 2.75) is 24.9 Å². The number of benzene rings is 3. The molecular weight excluding hydrogens is 316 g/mol. The van der Waals surface area contributed by atoms with E-state index < -0.39 is 0 Å². The normalized spacial score (nSPS) is 24.0. The molecule has 3 unspecified atom stereocenters. The Bertz CT molecular complexity index is 927. The summed E-state index contributed by atoms with van der Waals surface area (Å²) in [5.41, 5.74) is 5.36. The first-order valence-corrected chi connectivity index (χ1v) is 9.47. The summed E-state index contributed by atoms with van der Waals surface area (Å²) in [5, 5.41) is 0. The predicted octanol–water partition coefficient (Wildman–Crippen LogP) is 6.15. The SMILES string of the molecule is C1=C(c2ccccc2)OC2c3ccccc3CCC2C1c1ccccc1. The van der Waals surface area contributed by atoms with E-state index in [1.165, 1.54) is 23.1 Å². The molecule has 1 heteroatoms. The van der Waals surface area contributed by atoms with Crippen LogP contribution >= 0.6 is 0 Å². The smallest absolute Gasteiger partial charge is 0.128 e. The third kappa shape index (κ3) is 2.64. The number of allylic oxidation sites excluding steroid dienone is 1. The minimum absolute atomic E-state index is 0.130. The van der Waals surface area contributed by atoms with Crippen LogP contribution in [-0.2, 0) is 11.2 Å². The molecule has 0 bridgehead atoms. The first-order valence-electron chi connectivity index (χ1n) is 9.47. The van der Waals surface area contributed by atoms with E-state index in [0.29, 0.717) is 11.8 Å². The fourth-order valence-corrected chi connectivity index (χ4v) is 4.51. The summed E-state index contributed by atoms with van der Waals surface area (Å²) in [4.78, 5) is 0. The van der Waals surface area contributed by atoms with Gasteiger partial charge in [0.25, 0.3) is 0 Å². The highest BCUT2D eigenvalue weighted by atomic mass is 16.5. The molecule has 1 heterocycles. The minimum atomic E-state index is 0.130. The molecule has 1 aliphatic carbocycles. The number of hydrogen-bond acceptors (Lipinski definition) is 1. The van der Waals surface area contributed by atoms with Gasteiger partial charge in [-0.3, -0.25) is 0 Å². The maximum Gasteiger partial charge on any atom is 0.128 e. The van der Waals surface area contributed by atoms with Crippen LogP contribution in [0.4, 0.5) is 0 Å². The summed E-state index contributed by atoms with van der Waals surface area (Å²) in [7, 11) is 0. The summed E-state index contributed by atoms with van der Waals surface area (Å²) in [6.07, 6.45) is 4.78. The number of ether oxygens (including phenoxy) is 1. The number of rotatable bonds is 2. The molecule has 0 saturated carbocycles. The van der Waals surface area contributed by atoms with Crippen molar-refractivity contribution < 1.29 is 4.74 Å². The van der Waals surface area contributed by atoms with Crippen LogP contribution in [-0.4, -0.2) is 0 Å². The Morgan fingerprint density at radius 2 is 1.42 bits per heavy atom. The lowest BCUT2D eigenvalue weighted by Crippen LogP contribution is -2.30. The Kier molecular flexibility index (Phi) is 3.86. The minimum Gasteiger partial charge on any atom is -0.485 e. The van der Waals surface area contributed by atoms with Gasteiger partial charge >= 0.3 is 0 Å². The second-order valence-electron chi connectivity index (χ2n) is 7.27. The molecule has 2 aliphatic rings. The second kappa shape index (κ2) is 6.49. The van der Waals surface area contributed by atoms with Gasteiger partial charge in [0.15, 0.2) is 0 Å². The van der Waals surface area contributed by atoms with Gasteiger partial charge in [-0.2, -0.15) is 0 Å². The topological polar surface area (TPSA) is 9.23 Å². The van der Waals surface area contributed by atoms with E-state index in [2.05, 4.69) is 91.0 Å². The molecule has 0 N–H and O–H groups in total. The number of aryl methyl sites for hydroxylation is 1. The molecule has 0 fully saturated rings. The van der Waals surface area contributed by atoms with Crippen molar-refractivity contribution in [2.75, 3.05) is 0 Å². The van der Waals surface area contributed by atoms with E-state index in [-0.39, 0.29) is 6.10 Å². The van der Waals surface area contributed by atoms with Gasteiger partial charge in [0, 0.05) is 17.4 Å². The quantitative estimate of drug-likeness (QED) is 0.545. The number of hydrogen-bond donors (Lipinski definition) is 0. The second-order valence-corrected chi connectivity index (χ2v) is 7.27. The van der Waals surface area contributed by atoms with Crippen molar-refractivity contribution in [1.29, 1.82) is 0 Å². The van der Waals surface area contributed by atoms with E-state index in [4.69, 9.17) is 4.74 Å². The first kappa shape index (κ1) is 15.5. The van der Waals surface area contributed by atoms with Crippen molar-refractivity contribution in [3.63, 3.8) is 0 Å². The number of fused-ring (bicyclic) bond motifs is 3. The van der Waals surface area contributed by atoms with Gasteiger partial charge in [-0.25, -0.2) is 0 Å². The van der Waals surface area contributed by atoms with Crippen LogP contribution in [0.2, 0.25) is 0 Å². The predicted molar refractivity (Wildman–Crippen MR) is 106 cm³/mol. The highest BCUT2D eigenvalue weighted by Gasteiger charge is 2.40. The van der Waals surface area contributed by atoms with Gasteiger partial charge in [-0.15, -0.1) is 0 Å². The van der Waals surface area contributed by atoms with Crippen LogP contribution in [0.5, 0.6) is 0 Å². The van der Waals surface area contributed by atoms with Crippen LogP contribution in [0, 0.1) is 5.92 Å². The molecular formula is C25H22O. The van der Waals surface area contributed by atoms with Gasteiger partial charge in [0.05, 0.1) is 0 Å². The molecule has 0 aromatic heterocycles. The third-order valence-corrected chi connectivity index (χ3v) is 5.79. The van der Waals surface area contributed by atoms with E-state index in [0.717, 1.165) is 17.7 Å². The van der Waals surface area contributed by atoms with Gasteiger partial charge in [-0.1, -0.05) is 84.9 Å². The molecule has 1 aliphatic heterocycles. The van der Waals surface area contributed by atoms with Crippen molar-refractivity contribution in [3.05, 3.63) is 113 Å². The van der Waals surface area contributed by atoms with Crippen molar-refractivity contribution in [1.82, 2.24) is 0 Å². The van der Waals surface area contributed by atoms with Gasteiger partial charge in [0.2, 0.25) is 0 Å². The maximum atomic E-state index is 6.62. The molecule has 3 aromatic carbocycles. The average Bonchev–Trinajstić information content (AvgIpc) is 2.74. The van der Waals surface area contributed by atoms with E-state index in [1.807, 2.05) is 0 Å². The Labute approximate surface area is 155 Å². The van der Waals surface area contributed by atoms with Crippen LogP contribution in [0.1, 0.15) is 40.7 Å². The fourth-order valence-electron chi connectivity index (χ4n) is 4.51. The highest BCUT2D eigenvalue weighted by Crippen LogP contribution is 2.50. The zero-order valence-electron chi connectivity index (χ0n) is 14.7. The van der Waals surface area contributed by atoms with E-state index in [1.54, 1.807) is 0 Å². The van der Waals surface area contributed by atoms with Gasteiger partial charge in [-0.05, 0) is 35.6 Å². The highest BCUT2D eigenvalue weighted by molar-refractivity contribution is 5.63. The summed E-state index contributed by atoms with van der Waals surface area (Å²) >= 11 is 0. The molecule has 0 spiro atoms. The third-order valence-electron chi connectivity index (χ3n) is 5.79. The Balaban J connectivity index is 1.63. The summed E-state index contributed by atoms with van der Waals surface area (Å²) < 4.78 is 6.62. The summed E-state index contributed by atoms with van der Waals surface area (Å²) in [5.74, 6) is 1.88. The van der Waals surface area contributed by atoms with Crippen molar-refractivity contribution in [2.24, 2.45) is 5.92 Å². The lowest BCUT2D eigenvalue weighted by atomic mass is 9.71. The molecule has 0 saturated heterocycles. The molecule has 26 heavy (non-hydrogen) atoms. The molecule has 0 amide bonds. The van der Waals surface area contributed by atoms with E-state index in [9.17, 15) is 0 Å². The summed E-state index contributed by atoms with van der Waals surface area (Å²) in [6, 6.07) is 30.2. The molecule has 3 atom stereocenters. The standard InChI is InChI=1S/C25H22O/c1-3-9-18(10-4-1)23-17-24(20-12-5-2-6-13-20)26-25-21-14-8-7-11-19(21)15-16-22(23)25/h1-14,17,22-23,25H,15-16H2. The van der Waals surface area contributed by atoms with Gasteiger partial charge in [0.1, 0.15) is 11.9 Å². The van der Waals surface area contributed by atoms with Crippen LogP contribution in [0.25, 0.3) is 5.76 Å².